The maximum absolute atomic E-state index is 13.0. The van der Waals surface area contributed by atoms with E-state index in [0.29, 0.717) is 16.9 Å². The first-order valence-electron chi connectivity index (χ1n) is 8.32. The summed E-state index contributed by atoms with van der Waals surface area (Å²) in [5, 5.41) is 16.4. The number of rotatable bonds is 3. The van der Waals surface area contributed by atoms with Crippen molar-refractivity contribution in [2.75, 3.05) is 7.05 Å². The molecular formula is C19H15F2N3O4. The Balaban J connectivity index is 1.73. The van der Waals surface area contributed by atoms with Crippen LogP contribution in [0.4, 0.5) is 8.78 Å². The van der Waals surface area contributed by atoms with Crippen LogP contribution in [0.2, 0.25) is 0 Å². The van der Waals surface area contributed by atoms with Crippen LogP contribution in [-0.2, 0) is 5.72 Å². The number of phenolic OH excluding ortho intramolecular Hbond substituents is 1. The summed E-state index contributed by atoms with van der Waals surface area (Å²) in [6.45, 7) is 1.74. The summed E-state index contributed by atoms with van der Waals surface area (Å²) >= 11 is 0. The molecule has 4 rings (SSSR count). The number of carbonyl (C=O) groups excluding carboxylic acids is 1. The van der Waals surface area contributed by atoms with Crippen molar-refractivity contribution < 1.29 is 27.8 Å². The topological polar surface area (TPSA) is 88.7 Å². The number of fused-ring (bicyclic) bond motifs is 1. The summed E-state index contributed by atoms with van der Waals surface area (Å²) in [7, 11) is 1.59. The van der Waals surface area contributed by atoms with E-state index in [9.17, 15) is 18.7 Å². The van der Waals surface area contributed by atoms with Crippen LogP contribution in [-0.4, -0.2) is 33.2 Å². The molecule has 1 N–H and O–H groups in total. The summed E-state index contributed by atoms with van der Waals surface area (Å²) in [4.78, 5) is 14.4. The molecule has 0 spiro atoms. The molecule has 9 heteroatoms. The average Bonchev–Trinajstić information content (AvgIpc) is 3.17. The minimum absolute atomic E-state index is 0.102. The van der Waals surface area contributed by atoms with Gasteiger partial charge in [-0.25, -0.2) is 0 Å². The van der Waals surface area contributed by atoms with Crippen LogP contribution in [0.1, 0.15) is 35.2 Å². The van der Waals surface area contributed by atoms with E-state index in [-0.39, 0.29) is 23.1 Å². The molecule has 28 heavy (non-hydrogen) atoms. The minimum Gasteiger partial charge on any atom is -0.508 e. The third kappa shape index (κ3) is 2.75. The highest BCUT2D eigenvalue weighted by Gasteiger charge is 2.42. The number of ether oxygens (including phenoxy) is 1. The first-order valence-corrected chi connectivity index (χ1v) is 8.32. The van der Waals surface area contributed by atoms with Crippen molar-refractivity contribution in [1.82, 2.24) is 15.1 Å². The summed E-state index contributed by atoms with van der Waals surface area (Å²) < 4.78 is 36.4. The van der Waals surface area contributed by atoms with Crippen molar-refractivity contribution in [1.29, 1.82) is 0 Å². The molecule has 7 nitrogen and oxygen atoms in total. The van der Waals surface area contributed by atoms with E-state index in [2.05, 4.69) is 10.2 Å². The highest BCUT2D eigenvalue weighted by molar-refractivity contribution is 5.99. The van der Waals surface area contributed by atoms with Crippen molar-refractivity contribution in [2.45, 2.75) is 19.1 Å². The van der Waals surface area contributed by atoms with Gasteiger partial charge >= 0.3 is 6.43 Å². The van der Waals surface area contributed by atoms with Crippen molar-refractivity contribution >= 4 is 5.91 Å². The second-order valence-corrected chi connectivity index (χ2v) is 6.45. The molecule has 1 aliphatic heterocycles. The molecule has 1 aromatic heterocycles. The predicted octanol–water partition coefficient (Wildman–Crippen LogP) is 3.72. The molecule has 144 valence electrons. The highest BCUT2D eigenvalue weighted by Crippen LogP contribution is 2.40. The van der Waals surface area contributed by atoms with Crippen LogP contribution in [0.5, 0.6) is 11.5 Å². The van der Waals surface area contributed by atoms with Crippen LogP contribution in [0.15, 0.2) is 46.9 Å². The minimum atomic E-state index is -2.87. The molecular weight excluding hydrogens is 372 g/mol. The molecule has 0 aliphatic carbocycles. The number of aromatic hydroxyl groups is 1. The van der Waals surface area contributed by atoms with E-state index in [1.54, 1.807) is 38.2 Å². The Labute approximate surface area is 158 Å². The van der Waals surface area contributed by atoms with E-state index in [1.165, 1.54) is 23.1 Å². The lowest BCUT2D eigenvalue weighted by atomic mass is 9.98. The Morgan fingerprint density at radius 2 is 1.86 bits per heavy atom. The zero-order valence-corrected chi connectivity index (χ0v) is 14.9. The fourth-order valence-corrected chi connectivity index (χ4v) is 3.04. The van der Waals surface area contributed by atoms with Gasteiger partial charge in [-0.15, -0.1) is 10.2 Å². The SMILES string of the molecule is CN1C(=O)c2cc(-c3nnc(C(F)F)o3)ccc2OC1(C)c1ccc(O)cc1. The van der Waals surface area contributed by atoms with Crippen LogP contribution in [0.3, 0.4) is 0 Å². The van der Waals surface area contributed by atoms with E-state index in [0.717, 1.165) is 0 Å². The zero-order chi connectivity index (χ0) is 20.1. The summed E-state index contributed by atoms with van der Waals surface area (Å²) in [5.74, 6) is -0.791. The largest absolute Gasteiger partial charge is 0.508 e. The fraction of sp³-hybridized carbons (Fsp3) is 0.211. The van der Waals surface area contributed by atoms with Gasteiger partial charge in [0.25, 0.3) is 11.8 Å². The smallest absolute Gasteiger partial charge is 0.314 e. The molecule has 0 saturated heterocycles. The second-order valence-electron chi connectivity index (χ2n) is 6.45. The van der Waals surface area contributed by atoms with Gasteiger partial charge in [0.1, 0.15) is 11.5 Å². The molecule has 0 bridgehead atoms. The Morgan fingerprint density at radius 3 is 2.50 bits per heavy atom. The third-order valence-electron chi connectivity index (χ3n) is 4.74. The van der Waals surface area contributed by atoms with Crippen LogP contribution >= 0.6 is 0 Å². The average molecular weight is 387 g/mol. The zero-order valence-electron chi connectivity index (χ0n) is 14.9. The summed E-state index contributed by atoms with van der Waals surface area (Å²) in [6, 6.07) is 10.9. The van der Waals surface area contributed by atoms with E-state index in [4.69, 9.17) is 9.15 Å². The fourth-order valence-electron chi connectivity index (χ4n) is 3.04. The Morgan fingerprint density at radius 1 is 1.14 bits per heavy atom. The van der Waals surface area contributed by atoms with E-state index >= 15 is 0 Å². The Hall–Kier alpha value is -3.49. The maximum Gasteiger partial charge on any atom is 0.314 e. The number of hydrogen-bond donors (Lipinski definition) is 1. The number of hydrogen-bond acceptors (Lipinski definition) is 6. The Bertz CT molecular complexity index is 1050. The van der Waals surface area contributed by atoms with Gasteiger partial charge in [-0.2, -0.15) is 8.78 Å². The number of carbonyl (C=O) groups is 1. The number of aromatic nitrogens is 2. The predicted molar refractivity (Wildman–Crippen MR) is 92.9 cm³/mol. The first kappa shape index (κ1) is 17.9. The van der Waals surface area contributed by atoms with Gasteiger partial charge in [-0.1, -0.05) is 0 Å². The quantitative estimate of drug-likeness (QED) is 0.737. The second kappa shape index (κ2) is 6.29. The van der Waals surface area contributed by atoms with Crippen LogP contribution in [0.25, 0.3) is 11.5 Å². The summed E-state index contributed by atoms with van der Waals surface area (Å²) in [5.41, 5.74) is 0.159. The van der Waals surface area contributed by atoms with Gasteiger partial charge < -0.3 is 14.3 Å². The third-order valence-corrected chi connectivity index (χ3v) is 4.74. The summed E-state index contributed by atoms with van der Waals surface area (Å²) in [6.07, 6.45) is -2.87. The molecule has 1 unspecified atom stereocenters. The number of benzene rings is 2. The van der Waals surface area contributed by atoms with E-state index < -0.39 is 18.0 Å². The Kier molecular flexibility index (Phi) is 4.02. The lowest BCUT2D eigenvalue weighted by Crippen LogP contribution is -2.52. The van der Waals surface area contributed by atoms with Crippen LogP contribution in [0, 0.1) is 0 Å². The maximum atomic E-state index is 13.0. The monoisotopic (exact) mass is 387 g/mol. The molecule has 0 radical (unpaired) electrons. The number of nitrogens with zero attached hydrogens (tertiary/aromatic N) is 3. The number of amides is 1. The van der Waals surface area contributed by atoms with Gasteiger partial charge in [0.2, 0.25) is 11.6 Å². The lowest BCUT2D eigenvalue weighted by molar-refractivity contribution is -0.0556. The van der Waals surface area contributed by atoms with Crippen molar-refractivity contribution in [3.05, 3.63) is 59.5 Å². The first-order chi connectivity index (χ1) is 13.3. The van der Waals surface area contributed by atoms with Gasteiger partial charge in [0.15, 0.2) is 0 Å². The molecule has 1 amide bonds. The normalized spacial score (nSPS) is 18.9. The van der Waals surface area contributed by atoms with Gasteiger partial charge in [-0.3, -0.25) is 9.69 Å². The molecule has 3 aromatic rings. The molecule has 0 saturated carbocycles. The van der Waals surface area contributed by atoms with Crippen molar-refractivity contribution in [2.24, 2.45) is 0 Å². The van der Waals surface area contributed by atoms with Crippen molar-refractivity contribution in [3.63, 3.8) is 0 Å². The highest BCUT2D eigenvalue weighted by atomic mass is 19.3. The molecule has 0 fully saturated rings. The molecule has 2 heterocycles. The van der Waals surface area contributed by atoms with Gasteiger partial charge in [0.05, 0.1) is 5.56 Å². The van der Waals surface area contributed by atoms with Crippen LogP contribution < -0.4 is 4.74 Å². The van der Waals surface area contributed by atoms with Gasteiger partial charge in [-0.05, 0) is 49.4 Å². The standard InChI is InChI=1S/C19H15F2N3O4/c1-19(11-4-6-12(25)7-5-11)24(2)18(26)13-9-10(3-8-14(13)28-19)16-22-23-17(27-16)15(20)21/h3-9,15,25H,1-2H3. The lowest BCUT2D eigenvalue weighted by Gasteiger charge is -2.43. The number of phenols is 1. The molecule has 1 atom stereocenters. The van der Waals surface area contributed by atoms with E-state index in [1.807, 2.05) is 0 Å². The van der Waals surface area contributed by atoms with Crippen molar-refractivity contribution in [3.8, 4) is 23.0 Å². The molecule has 2 aromatic carbocycles. The number of halogens is 2. The molecule has 1 aliphatic rings. The number of alkyl halides is 2. The van der Waals surface area contributed by atoms with Gasteiger partial charge in [0, 0.05) is 18.2 Å².